The number of amides is 1. The van der Waals surface area contributed by atoms with Crippen LogP contribution in [0.2, 0.25) is 0 Å². The Labute approximate surface area is 148 Å². The number of aromatic nitrogens is 2. The number of nitrogens with zero attached hydrogens (tertiary/aromatic N) is 3. The summed E-state index contributed by atoms with van der Waals surface area (Å²) in [7, 11) is 0. The van der Waals surface area contributed by atoms with Crippen molar-refractivity contribution in [2.24, 2.45) is 5.92 Å². The van der Waals surface area contributed by atoms with Crippen LogP contribution in [0.4, 0.5) is 0 Å². The molecule has 2 aliphatic rings. The van der Waals surface area contributed by atoms with E-state index in [1.807, 2.05) is 11.0 Å². The van der Waals surface area contributed by atoms with Gasteiger partial charge in [-0.15, -0.1) is 0 Å². The summed E-state index contributed by atoms with van der Waals surface area (Å²) < 4.78 is 5.33. The van der Waals surface area contributed by atoms with Gasteiger partial charge in [-0.05, 0) is 43.6 Å². The Morgan fingerprint density at radius 1 is 1.20 bits per heavy atom. The van der Waals surface area contributed by atoms with Gasteiger partial charge in [-0.25, -0.2) is 0 Å². The van der Waals surface area contributed by atoms with Crippen LogP contribution in [-0.2, 0) is 17.6 Å². The molecule has 1 amide bonds. The highest BCUT2D eigenvalue weighted by molar-refractivity contribution is 5.76. The van der Waals surface area contributed by atoms with E-state index in [0.717, 1.165) is 50.5 Å². The quantitative estimate of drug-likeness (QED) is 0.776. The fourth-order valence-electron chi connectivity index (χ4n) is 3.58. The summed E-state index contributed by atoms with van der Waals surface area (Å²) >= 11 is 0. The third kappa shape index (κ3) is 4.27. The highest BCUT2D eigenvalue weighted by Gasteiger charge is 2.31. The monoisotopic (exact) mass is 339 g/mol. The Hall–Kier alpha value is -2.17. The zero-order valence-corrected chi connectivity index (χ0v) is 14.6. The highest BCUT2D eigenvalue weighted by Crippen LogP contribution is 2.39. The van der Waals surface area contributed by atoms with Gasteiger partial charge < -0.3 is 9.42 Å². The van der Waals surface area contributed by atoms with E-state index in [4.69, 9.17) is 4.52 Å². The SMILES string of the molecule is O=C(CCCc1ccccc1)N1CC[C@H](Cc2noc(C3CC3)n2)C1. The lowest BCUT2D eigenvalue weighted by Crippen LogP contribution is -2.28. The third-order valence-electron chi connectivity index (χ3n) is 5.22. The Balaban J connectivity index is 1.20. The average Bonchev–Trinajstić information content (AvgIpc) is 3.20. The Bertz CT molecular complexity index is 709. The molecule has 1 aliphatic carbocycles. The minimum absolute atomic E-state index is 0.283. The Kier molecular flexibility index (Phi) is 4.81. The second-order valence-corrected chi connectivity index (χ2v) is 7.36. The molecule has 25 heavy (non-hydrogen) atoms. The number of hydrogen-bond acceptors (Lipinski definition) is 4. The number of likely N-dealkylation sites (tertiary alicyclic amines) is 1. The zero-order chi connectivity index (χ0) is 17.1. The van der Waals surface area contributed by atoms with Gasteiger partial charge in [0.15, 0.2) is 5.82 Å². The molecule has 4 rings (SSSR count). The van der Waals surface area contributed by atoms with Gasteiger partial charge in [-0.1, -0.05) is 35.5 Å². The molecule has 2 aromatic rings. The maximum Gasteiger partial charge on any atom is 0.229 e. The summed E-state index contributed by atoms with van der Waals surface area (Å²) in [6.07, 6.45) is 6.74. The van der Waals surface area contributed by atoms with Crippen LogP contribution in [0.25, 0.3) is 0 Å². The van der Waals surface area contributed by atoms with Crippen molar-refractivity contribution >= 4 is 5.91 Å². The van der Waals surface area contributed by atoms with Crippen LogP contribution < -0.4 is 0 Å². The molecule has 1 aromatic heterocycles. The van der Waals surface area contributed by atoms with Crippen molar-refractivity contribution in [2.45, 2.75) is 50.9 Å². The molecule has 1 saturated heterocycles. The lowest BCUT2D eigenvalue weighted by Gasteiger charge is -2.16. The number of carbonyl (C=O) groups is 1. The van der Waals surface area contributed by atoms with Gasteiger partial charge in [0.2, 0.25) is 11.8 Å². The molecule has 0 radical (unpaired) electrons. The summed E-state index contributed by atoms with van der Waals surface area (Å²) in [5, 5.41) is 4.10. The molecule has 1 aliphatic heterocycles. The van der Waals surface area contributed by atoms with Crippen LogP contribution >= 0.6 is 0 Å². The van der Waals surface area contributed by atoms with E-state index in [1.165, 1.54) is 18.4 Å². The third-order valence-corrected chi connectivity index (χ3v) is 5.22. The molecule has 2 fully saturated rings. The molecule has 1 saturated carbocycles. The number of hydrogen-bond donors (Lipinski definition) is 0. The molecule has 1 atom stereocenters. The van der Waals surface area contributed by atoms with E-state index in [0.29, 0.717) is 18.3 Å². The smallest absolute Gasteiger partial charge is 0.229 e. The second kappa shape index (κ2) is 7.38. The predicted octanol–water partition coefficient (Wildman–Crippen LogP) is 3.36. The highest BCUT2D eigenvalue weighted by atomic mass is 16.5. The number of benzene rings is 1. The van der Waals surface area contributed by atoms with Gasteiger partial charge in [-0.3, -0.25) is 4.79 Å². The zero-order valence-electron chi connectivity index (χ0n) is 14.6. The van der Waals surface area contributed by atoms with E-state index >= 15 is 0 Å². The first kappa shape index (κ1) is 16.3. The fourth-order valence-corrected chi connectivity index (χ4v) is 3.58. The van der Waals surface area contributed by atoms with Crippen LogP contribution in [0.15, 0.2) is 34.9 Å². The van der Waals surface area contributed by atoms with Gasteiger partial charge in [-0.2, -0.15) is 4.98 Å². The van der Waals surface area contributed by atoms with Crippen molar-refractivity contribution in [3.05, 3.63) is 47.6 Å². The molecule has 132 valence electrons. The van der Waals surface area contributed by atoms with Gasteiger partial charge >= 0.3 is 0 Å². The summed E-state index contributed by atoms with van der Waals surface area (Å²) in [5.74, 6) is 2.87. The van der Waals surface area contributed by atoms with Crippen molar-refractivity contribution in [3.8, 4) is 0 Å². The van der Waals surface area contributed by atoms with Gasteiger partial charge in [0.05, 0.1) is 0 Å². The van der Waals surface area contributed by atoms with Gasteiger partial charge in [0.1, 0.15) is 0 Å². The molecule has 0 spiro atoms. The van der Waals surface area contributed by atoms with Gasteiger partial charge in [0, 0.05) is 31.8 Å². The first-order valence-electron chi connectivity index (χ1n) is 9.42. The van der Waals surface area contributed by atoms with Crippen LogP contribution in [0.5, 0.6) is 0 Å². The number of carbonyl (C=O) groups excluding carboxylic acids is 1. The normalized spacial score (nSPS) is 20.2. The van der Waals surface area contributed by atoms with E-state index in [1.54, 1.807) is 0 Å². The van der Waals surface area contributed by atoms with E-state index < -0.39 is 0 Å². The Morgan fingerprint density at radius 2 is 2.04 bits per heavy atom. The van der Waals surface area contributed by atoms with E-state index in [-0.39, 0.29) is 5.91 Å². The van der Waals surface area contributed by atoms with Crippen LogP contribution in [0, 0.1) is 5.92 Å². The van der Waals surface area contributed by atoms with Gasteiger partial charge in [0.25, 0.3) is 0 Å². The fraction of sp³-hybridized carbons (Fsp3) is 0.550. The van der Waals surface area contributed by atoms with Crippen molar-refractivity contribution in [1.29, 1.82) is 0 Å². The van der Waals surface area contributed by atoms with Crippen molar-refractivity contribution in [1.82, 2.24) is 15.0 Å². The molecule has 5 heteroatoms. The van der Waals surface area contributed by atoms with Crippen molar-refractivity contribution < 1.29 is 9.32 Å². The maximum absolute atomic E-state index is 12.4. The molecule has 1 aromatic carbocycles. The summed E-state index contributed by atoms with van der Waals surface area (Å²) in [6.45, 7) is 1.69. The van der Waals surface area contributed by atoms with Crippen molar-refractivity contribution in [3.63, 3.8) is 0 Å². The topological polar surface area (TPSA) is 59.2 Å². The molecular weight excluding hydrogens is 314 g/mol. The predicted molar refractivity (Wildman–Crippen MR) is 94.0 cm³/mol. The average molecular weight is 339 g/mol. The first-order chi connectivity index (χ1) is 12.3. The van der Waals surface area contributed by atoms with E-state index in [2.05, 4.69) is 34.4 Å². The molecule has 2 heterocycles. The number of aryl methyl sites for hydroxylation is 1. The van der Waals surface area contributed by atoms with Crippen molar-refractivity contribution in [2.75, 3.05) is 13.1 Å². The second-order valence-electron chi connectivity index (χ2n) is 7.36. The standard InChI is InChI=1S/C20H25N3O2/c24-19(8-4-7-15-5-2-1-3-6-15)23-12-11-16(14-23)13-18-21-20(25-22-18)17-9-10-17/h1-3,5-6,16-17H,4,7-14H2/t16-/m1/s1. The molecular formula is C20H25N3O2. The summed E-state index contributed by atoms with van der Waals surface area (Å²) in [4.78, 5) is 18.9. The van der Waals surface area contributed by atoms with Crippen LogP contribution in [0.1, 0.15) is 55.3 Å². The van der Waals surface area contributed by atoms with E-state index in [9.17, 15) is 4.79 Å². The molecule has 0 N–H and O–H groups in total. The maximum atomic E-state index is 12.4. The lowest BCUT2D eigenvalue weighted by atomic mass is 10.0. The minimum atomic E-state index is 0.283. The number of rotatable bonds is 7. The largest absolute Gasteiger partial charge is 0.342 e. The van der Waals surface area contributed by atoms with Crippen LogP contribution in [0.3, 0.4) is 0 Å². The summed E-state index contributed by atoms with van der Waals surface area (Å²) in [6, 6.07) is 10.4. The molecule has 0 bridgehead atoms. The minimum Gasteiger partial charge on any atom is -0.342 e. The summed E-state index contributed by atoms with van der Waals surface area (Å²) in [5.41, 5.74) is 1.30. The lowest BCUT2D eigenvalue weighted by molar-refractivity contribution is -0.130. The molecule has 0 unspecified atom stereocenters. The molecule has 5 nitrogen and oxygen atoms in total. The first-order valence-corrected chi connectivity index (χ1v) is 9.42. The Morgan fingerprint density at radius 3 is 2.84 bits per heavy atom. The van der Waals surface area contributed by atoms with Crippen LogP contribution in [-0.4, -0.2) is 34.0 Å².